The Kier molecular flexibility index (Phi) is 6.62. The van der Waals surface area contributed by atoms with Crippen molar-refractivity contribution in [1.82, 2.24) is 18.9 Å². The van der Waals surface area contributed by atoms with Gasteiger partial charge in [0.1, 0.15) is 17.8 Å². The van der Waals surface area contributed by atoms with E-state index >= 15 is 0 Å². The number of rotatable bonds is 8. The summed E-state index contributed by atoms with van der Waals surface area (Å²) in [5, 5.41) is 7.24. The zero-order chi connectivity index (χ0) is 24.2. The molecule has 0 saturated carbocycles. The van der Waals surface area contributed by atoms with Gasteiger partial charge in [-0.15, -0.1) is 0 Å². The van der Waals surface area contributed by atoms with Crippen LogP contribution in [0.25, 0.3) is 11.0 Å². The van der Waals surface area contributed by atoms with Gasteiger partial charge in [0.15, 0.2) is 5.52 Å². The largest absolute Gasteiger partial charge is 0.494 e. The highest BCUT2D eigenvalue weighted by molar-refractivity contribution is 5.91. The lowest BCUT2D eigenvalue weighted by Gasteiger charge is -2.13. The molecule has 0 spiro atoms. The van der Waals surface area contributed by atoms with Crippen LogP contribution in [0.2, 0.25) is 0 Å². The lowest BCUT2D eigenvalue weighted by Crippen LogP contribution is -2.42. The Morgan fingerprint density at radius 2 is 1.68 bits per heavy atom. The van der Waals surface area contributed by atoms with Crippen molar-refractivity contribution in [1.29, 1.82) is 0 Å². The van der Waals surface area contributed by atoms with Gasteiger partial charge in [0.25, 0.3) is 5.56 Å². The standard InChI is InChI=1S/C25H27N5O4/c1-4-30-23-22(17(3)27-30)28(16-21(31)26-19-11-13-20(14-12-19)34-5-2)25(33)29(24(23)32)15-18-9-7-6-8-10-18/h6-14H,4-5,15-16H2,1-3H3,(H,26,31). The molecule has 0 saturated heterocycles. The number of aryl methyl sites for hydroxylation is 2. The Balaban J connectivity index is 1.75. The molecule has 4 rings (SSSR count). The molecule has 176 valence electrons. The molecule has 2 aromatic carbocycles. The molecule has 34 heavy (non-hydrogen) atoms. The van der Waals surface area contributed by atoms with E-state index in [0.29, 0.717) is 41.3 Å². The van der Waals surface area contributed by atoms with Crippen molar-refractivity contribution in [3.8, 4) is 5.75 Å². The third kappa shape index (κ3) is 4.50. The van der Waals surface area contributed by atoms with Gasteiger partial charge < -0.3 is 10.1 Å². The molecule has 4 aromatic rings. The average molecular weight is 462 g/mol. The molecule has 0 atom stereocenters. The van der Waals surface area contributed by atoms with E-state index in [1.165, 1.54) is 4.57 Å². The van der Waals surface area contributed by atoms with Crippen LogP contribution in [0.5, 0.6) is 5.75 Å². The van der Waals surface area contributed by atoms with E-state index in [0.717, 1.165) is 10.1 Å². The van der Waals surface area contributed by atoms with Crippen LogP contribution in [0.1, 0.15) is 25.1 Å². The molecule has 0 aliphatic heterocycles. The molecule has 0 bridgehead atoms. The number of amides is 1. The fourth-order valence-electron chi connectivity index (χ4n) is 3.99. The summed E-state index contributed by atoms with van der Waals surface area (Å²) >= 11 is 0. The molecule has 0 aliphatic carbocycles. The van der Waals surface area contributed by atoms with E-state index in [9.17, 15) is 14.4 Å². The summed E-state index contributed by atoms with van der Waals surface area (Å²) in [5.74, 6) is 0.315. The Morgan fingerprint density at radius 3 is 2.32 bits per heavy atom. The number of nitrogens with zero attached hydrogens (tertiary/aromatic N) is 4. The number of nitrogens with one attached hydrogen (secondary N) is 1. The highest BCUT2D eigenvalue weighted by atomic mass is 16.5. The van der Waals surface area contributed by atoms with Crippen molar-refractivity contribution >= 4 is 22.6 Å². The van der Waals surface area contributed by atoms with E-state index < -0.39 is 11.2 Å². The first-order valence-corrected chi connectivity index (χ1v) is 11.2. The van der Waals surface area contributed by atoms with Crippen molar-refractivity contribution in [3.05, 3.63) is 86.7 Å². The lowest BCUT2D eigenvalue weighted by molar-refractivity contribution is -0.116. The summed E-state index contributed by atoms with van der Waals surface area (Å²) in [7, 11) is 0. The number of ether oxygens (including phenoxy) is 1. The predicted octanol–water partition coefficient (Wildman–Crippen LogP) is 2.77. The topological polar surface area (TPSA) is 100 Å². The van der Waals surface area contributed by atoms with Gasteiger partial charge in [0.05, 0.1) is 18.8 Å². The number of hydrogen-bond donors (Lipinski definition) is 1. The maximum atomic E-state index is 13.5. The zero-order valence-corrected chi connectivity index (χ0v) is 19.4. The predicted molar refractivity (Wildman–Crippen MR) is 130 cm³/mol. The fraction of sp³-hybridized carbons (Fsp3) is 0.280. The average Bonchev–Trinajstić information content (AvgIpc) is 3.18. The lowest BCUT2D eigenvalue weighted by atomic mass is 10.2. The molecular formula is C25H27N5O4. The van der Waals surface area contributed by atoms with Crippen LogP contribution in [0.4, 0.5) is 5.69 Å². The van der Waals surface area contributed by atoms with Crippen LogP contribution >= 0.6 is 0 Å². The Bertz CT molecular complexity index is 1430. The number of anilines is 1. The second kappa shape index (κ2) is 9.78. The third-order valence-electron chi connectivity index (χ3n) is 5.51. The van der Waals surface area contributed by atoms with Gasteiger partial charge in [-0.25, -0.2) is 4.79 Å². The van der Waals surface area contributed by atoms with Crippen molar-refractivity contribution in [2.75, 3.05) is 11.9 Å². The van der Waals surface area contributed by atoms with Crippen LogP contribution in [-0.4, -0.2) is 31.4 Å². The third-order valence-corrected chi connectivity index (χ3v) is 5.51. The van der Waals surface area contributed by atoms with Crippen LogP contribution in [0, 0.1) is 6.92 Å². The maximum Gasteiger partial charge on any atom is 0.332 e. The fourth-order valence-corrected chi connectivity index (χ4v) is 3.99. The van der Waals surface area contributed by atoms with Crippen LogP contribution < -0.4 is 21.3 Å². The molecule has 0 radical (unpaired) electrons. The molecule has 1 N–H and O–H groups in total. The summed E-state index contributed by atoms with van der Waals surface area (Å²) < 4.78 is 9.50. The van der Waals surface area contributed by atoms with Gasteiger partial charge in [0.2, 0.25) is 5.91 Å². The first-order valence-electron chi connectivity index (χ1n) is 11.2. The smallest absolute Gasteiger partial charge is 0.332 e. The van der Waals surface area contributed by atoms with Gasteiger partial charge in [-0.2, -0.15) is 5.10 Å². The molecule has 9 nitrogen and oxygen atoms in total. The van der Waals surface area contributed by atoms with E-state index in [1.807, 2.05) is 44.2 Å². The second-order valence-corrected chi connectivity index (χ2v) is 7.85. The highest BCUT2D eigenvalue weighted by Gasteiger charge is 2.21. The highest BCUT2D eigenvalue weighted by Crippen LogP contribution is 2.17. The van der Waals surface area contributed by atoms with Crippen LogP contribution in [0.15, 0.2) is 64.2 Å². The molecule has 9 heteroatoms. The summed E-state index contributed by atoms with van der Waals surface area (Å²) in [6.45, 7) is 6.36. The Labute approximate surface area is 196 Å². The number of carbonyl (C=O) groups is 1. The van der Waals surface area contributed by atoms with E-state index in [4.69, 9.17) is 4.74 Å². The van der Waals surface area contributed by atoms with Crippen molar-refractivity contribution in [2.45, 2.75) is 40.4 Å². The molecule has 2 aromatic heterocycles. The number of carbonyl (C=O) groups excluding carboxylic acids is 1. The monoisotopic (exact) mass is 461 g/mol. The zero-order valence-electron chi connectivity index (χ0n) is 19.4. The minimum atomic E-state index is -0.554. The van der Waals surface area contributed by atoms with E-state index in [2.05, 4.69) is 10.4 Å². The van der Waals surface area contributed by atoms with Gasteiger partial charge >= 0.3 is 5.69 Å². The molecule has 0 fully saturated rings. The summed E-state index contributed by atoms with van der Waals surface area (Å²) in [5.41, 5.74) is 1.62. The molecule has 1 amide bonds. The number of hydrogen-bond acceptors (Lipinski definition) is 5. The minimum absolute atomic E-state index is 0.100. The van der Waals surface area contributed by atoms with Gasteiger partial charge in [-0.3, -0.25) is 23.4 Å². The normalized spacial score (nSPS) is 11.0. The van der Waals surface area contributed by atoms with E-state index in [-0.39, 0.29) is 19.0 Å². The maximum absolute atomic E-state index is 13.5. The van der Waals surface area contributed by atoms with Crippen LogP contribution in [0.3, 0.4) is 0 Å². The summed E-state index contributed by atoms with van der Waals surface area (Å²) in [6.07, 6.45) is 0. The Morgan fingerprint density at radius 1 is 0.971 bits per heavy atom. The SMILES string of the molecule is CCOc1ccc(NC(=O)Cn2c(=O)n(Cc3ccccc3)c(=O)c3c2c(C)nn3CC)cc1. The van der Waals surface area contributed by atoms with Crippen molar-refractivity contribution in [2.24, 2.45) is 0 Å². The second-order valence-electron chi connectivity index (χ2n) is 7.85. The van der Waals surface area contributed by atoms with Gasteiger partial charge in [-0.05, 0) is 50.6 Å². The van der Waals surface area contributed by atoms with E-state index in [1.54, 1.807) is 35.9 Å². The van der Waals surface area contributed by atoms with Gasteiger partial charge in [0, 0.05) is 12.2 Å². The van der Waals surface area contributed by atoms with Crippen molar-refractivity contribution in [3.63, 3.8) is 0 Å². The molecular weight excluding hydrogens is 434 g/mol. The number of benzene rings is 2. The summed E-state index contributed by atoms with van der Waals surface area (Å²) in [4.78, 5) is 39.7. The quantitative estimate of drug-likeness (QED) is 0.435. The molecule has 0 unspecified atom stereocenters. The van der Waals surface area contributed by atoms with Crippen LogP contribution in [-0.2, 0) is 24.4 Å². The van der Waals surface area contributed by atoms with Gasteiger partial charge in [-0.1, -0.05) is 30.3 Å². The Hall–Kier alpha value is -4.14. The molecule has 0 aliphatic rings. The number of aromatic nitrogens is 4. The molecule has 2 heterocycles. The minimum Gasteiger partial charge on any atom is -0.494 e. The van der Waals surface area contributed by atoms with Crippen molar-refractivity contribution < 1.29 is 9.53 Å². The number of fused-ring (bicyclic) bond motifs is 1. The first-order chi connectivity index (χ1) is 16.4. The first kappa shape index (κ1) is 23.0. The summed E-state index contributed by atoms with van der Waals surface area (Å²) in [6, 6.07) is 16.3.